The van der Waals surface area contributed by atoms with E-state index in [1.165, 1.54) is 77.0 Å². The van der Waals surface area contributed by atoms with Crippen molar-refractivity contribution in [3.8, 4) is 0 Å². The van der Waals surface area contributed by atoms with Crippen LogP contribution in [0.15, 0.2) is 12.2 Å². The van der Waals surface area contributed by atoms with Crippen LogP contribution in [0.2, 0.25) is 0 Å². The lowest BCUT2D eigenvalue weighted by Gasteiger charge is -2.12. The lowest BCUT2D eigenvalue weighted by Crippen LogP contribution is -2.32. The fraction of sp³-hybridized carbons (Fsp3) is 0.870. The van der Waals surface area contributed by atoms with Gasteiger partial charge >= 0.3 is 0 Å². The molecule has 1 unspecified atom stereocenters. The van der Waals surface area contributed by atoms with Crippen molar-refractivity contribution in [3.05, 3.63) is 12.2 Å². The molecule has 0 spiro atoms. The van der Waals surface area contributed by atoms with Gasteiger partial charge in [0.25, 0.3) is 0 Å². The zero-order chi connectivity index (χ0) is 19.3. The molecular formula is C23H46N2O. The predicted octanol–water partition coefficient (Wildman–Crippen LogP) is 6.13. The van der Waals surface area contributed by atoms with Crippen LogP contribution in [0, 0.1) is 5.92 Å². The average Bonchev–Trinajstić information content (AvgIpc) is 2.65. The number of nitrogens with two attached hydrogens (primary N) is 1. The maximum Gasteiger partial charge on any atom is 0.220 e. The summed E-state index contributed by atoms with van der Waals surface area (Å²) in [6.07, 6.45) is 23.2. The number of rotatable bonds is 19. The molecule has 0 aromatic rings. The second kappa shape index (κ2) is 20.5. The Morgan fingerprint density at radius 3 is 1.92 bits per heavy atom. The predicted molar refractivity (Wildman–Crippen MR) is 115 cm³/mol. The quantitative estimate of drug-likeness (QED) is 0.213. The van der Waals surface area contributed by atoms with E-state index < -0.39 is 0 Å². The molecule has 26 heavy (non-hydrogen) atoms. The minimum absolute atomic E-state index is 0.189. The summed E-state index contributed by atoms with van der Waals surface area (Å²) in [5, 5.41) is 3.01. The number of amides is 1. The number of hydrogen-bond donors (Lipinski definition) is 2. The molecule has 0 aliphatic heterocycles. The lowest BCUT2D eigenvalue weighted by molar-refractivity contribution is -0.121. The highest BCUT2D eigenvalue weighted by Crippen LogP contribution is 2.10. The Morgan fingerprint density at radius 1 is 0.846 bits per heavy atom. The minimum atomic E-state index is 0.189. The number of carbonyl (C=O) groups excluding carboxylic acids is 1. The Morgan fingerprint density at radius 2 is 1.38 bits per heavy atom. The van der Waals surface area contributed by atoms with Crippen molar-refractivity contribution < 1.29 is 4.79 Å². The van der Waals surface area contributed by atoms with E-state index in [9.17, 15) is 4.79 Å². The molecule has 0 radical (unpaired) electrons. The molecule has 3 N–H and O–H groups in total. The van der Waals surface area contributed by atoms with Gasteiger partial charge in [0.05, 0.1) is 0 Å². The third kappa shape index (κ3) is 18.0. The SMILES string of the molecule is CCCCCCCCC=CCCCCCCCC(=O)NCC(CC)CN. The van der Waals surface area contributed by atoms with Crippen molar-refractivity contribution in [1.82, 2.24) is 5.32 Å². The van der Waals surface area contributed by atoms with Crippen molar-refractivity contribution in [2.24, 2.45) is 11.7 Å². The molecule has 154 valence electrons. The standard InChI is InChI=1S/C23H46N2O/c1-3-5-6-7-8-9-10-11-12-13-14-15-16-17-18-19-23(26)25-21-22(4-2)20-24/h11-12,22H,3-10,13-21,24H2,1-2H3,(H,25,26). The van der Waals surface area contributed by atoms with Gasteiger partial charge < -0.3 is 11.1 Å². The maximum atomic E-state index is 11.8. The Labute approximate surface area is 163 Å². The monoisotopic (exact) mass is 366 g/mol. The summed E-state index contributed by atoms with van der Waals surface area (Å²) in [7, 11) is 0. The van der Waals surface area contributed by atoms with E-state index in [-0.39, 0.29) is 5.91 Å². The van der Waals surface area contributed by atoms with E-state index in [0.717, 1.165) is 19.4 Å². The van der Waals surface area contributed by atoms with Crippen LogP contribution in [0.1, 0.15) is 110 Å². The van der Waals surface area contributed by atoms with E-state index in [0.29, 0.717) is 18.9 Å². The minimum Gasteiger partial charge on any atom is -0.356 e. The van der Waals surface area contributed by atoms with Crippen molar-refractivity contribution >= 4 is 5.91 Å². The fourth-order valence-electron chi connectivity index (χ4n) is 3.10. The summed E-state index contributed by atoms with van der Waals surface area (Å²) in [5.74, 6) is 0.614. The topological polar surface area (TPSA) is 55.1 Å². The zero-order valence-corrected chi connectivity index (χ0v) is 17.7. The smallest absolute Gasteiger partial charge is 0.220 e. The first kappa shape index (κ1) is 25.2. The van der Waals surface area contributed by atoms with Crippen LogP contribution in [-0.2, 0) is 4.79 Å². The third-order valence-corrected chi connectivity index (χ3v) is 5.16. The van der Waals surface area contributed by atoms with E-state index in [1.54, 1.807) is 0 Å². The van der Waals surface area contributed by atoms with Crippen LogP contribution in [-0.4, -0.2) is 19.0 Å². The lowest BCUT2D eigenvalue weighted by atomic mass is 10.1. The molecule has 0 aliphatic carbocycles. The Bertz CT molecular complexity index is 324. The van der Waals surface area contributed by atoms with E-state index in [1.807, 2.05) is 0 Å². The molecule has 0 saturated carbocycles. The highest BCUT2D eigenvalue weighted by atomic mass is 16.1. The van der Waals surface area contributed by atoms with Crippen molar-refractivity contribution in [2.45, 2.75) is 110 Å². The molecule has 0 bridgehead atoms. The van der Waals surface area contributed by atoms with Crippen LogP contribution in [0.25, 0.3) is 0 Å². The van der Waals surface area contributed by atoms with Gasteiger partial charge in [-0.15, -0.1) is 0 Å². The van der Waals surface area contributed by atoms with Crippen LogP contribution in [0.5, 0.6) is 0 Å². The van der Waals surface area contributed by atoms with Gasteiger partial charge in [0.2, 0.25) is 5.91 Å². The number of carbonyl (C=O) groups is 1. The third-order valence-electron chi connectivity index (χ3n) is 5.16. The van der Waals surface area contributed by atoms with Gasteiger partial charge in [-0.2, -0.15) is 0 Å². The van der Waals surface area contributed by atoms with Crippen molar-refractivity contribution in [3.63, 3.8) is 0 Å². The summed E-state index contributed by atoms with van der Waals surface area (Å²) < 4.78 is 0. The molecular weight excluding hydrogens is 320 g/mol. The van der Waals surface area contributed by atoms with Gasteiger partial charge in [0.1, 0.15) is 0 Å². The van der Waals surface area contributed by atoms with E-state index in [2.05, 4.69) is 31.3 Å². The second-order valence-electron chi connectivity index (χ2n) is 7.65. The number of unbranched alkanes of at least 4 members (excludes halogenated alkanes) is 11. The van der Waals surface area contributed by atoms with Crippen LogP contribution in [0.3, 0.4) is 0 Å². The molecule has 3 nitrogen and oxygen atoms in total. The first-order valence-corrected chi connectivity index (χ1v) is 11.4. The van der Waals surface area contributed by atoms with Crippen molar-refractivity contribution in [2.75, 3.05) is 13.1 Å². The molecule has 0 fully saturated rings. The van der Waals surface area contributed by atoms with Crippen LogP contribution in [0.4, 0.5) is 0 Å². The largest absolute Gasteiger partial charge is 0.356 e. The first-order valence-electron chi connectivity index (χ1n) is 11.4. The summed E-state index contributed by atoms with van der Waals surface area (Å²) in [6, 6.07) is 0. The summed E-state index contributed by atoms with van der Waals surface area (Å²) in [6.45, 7) is 5.78. The van der Waals surface area contributed by atoms with Crippen LogP contribution < -0.4 is 11.1 Å². The van der Waals surface area contributed by atoms with Gasteiger partial charge in [-0.25, -0.2) is 0 Å². The number of nitrogens with one attached hydrogen (secondary N) is 1. The van der Waals surface area contributed by atoms with Gasteiger partial charge in [-0.05, 0) is 44.6 Å². The molecule has 0 rings (SSSR count). The number of hydrogen-bond acceptors (Lipinski definition) is 2. The maximum absolute atomic E-state index is 11.8. The highest BCUT2D eigenvalue weighted by molar-refractivity contribution is 5.75. The van der Waals surface area contributed by atoms with E-state index >= 15 is 0 Å². The molecule has 0 aromatic carbocycles. The summed E-state index contributed by atoms with van der Waals surface area (Å²) in [5.41, 5.74) is 5.65. The molecule has 1 amide bonds. The summed E-state index contributed by atoms with van der Waals surface area (Å²) in [4.78, 5) is 11.8. The summed E-state index contributed by atoms with van der Waals surface area (Å²) >= 11 is 0. The Hall–Kier alpha value is -0.830. The highest BCUT2D eigenvalue weighted by Gasteiger charge is 2.06. The van der Waals surface area contributed by atoms with Gasteiger partial charge in [0, 0.05) is 13.0 Å². The van der Waals surface area contributed by atoms with Gasteiger partial charge in [-0.3, -0.25) is 4.79 Å². The molecule has 3 heteroatoms. The fourth-order valence-corrected chi connectivity index (χ4v) is 3.10. The zero-order valence-electron chi connectivity index (χ0n) is 17.7. The van der Waals surface area contributed by atoms with E-state index in [4.69, 9.17) is 5.73 Å². The second-order valence-corrected chi connectivity index (χ2v) is 7.65. The molecule has 0 aliphatic rings. The van der Waals surface area contributed by atoms with Gasteiger partial charge in [-0.1, -0.05) is 83.8 Å². The molecule has 0 saturated heterocycles. The Balaban J connectivity index is 3.28. The molecule has 0 aromatic heterocycles. The normalized spacial score (nSPS) is 12.6. The average molecular weight is 367 g/mol. The Kier molecular flexibility index (Phi) is 19.8. The number of allylic oxidation sites excluding steroid dienone is 2. The molecule has 0 heterocycles. The van der Waals surface area contributed by atoms with Crippen molar-refractivity contribution in [1.29, 1.82) is 0 Å². The first-order chi connectivity index (χ1) is 12.7. The van der Waals surface area contributed by atoms with Gasteiger partial charge in [0.15, 0.2) is 0 Å². The van der Waals surface area contributed by atoms with Crippen LogP contribution >= 0.6 is 0 Å². The molecule has 1 atom stereocenters.